The predicted molar refractivity (Wildman–Crippen MR) is 91.6 cm³/mol. The van der Waals surface area contributed by atoms with Crippen LogP contribution in [0.4, 0.5) is 5.82 Å². The van der Waals surface area contributed by atoms with Crippen molar-refractivity contribution in [2.45, 2.75) is 37.4 Å². The third-order valence-electron chi connectivity index (χ3n) is 4.90. The lowest BCUT2D eigenvalue weighted by molar-refractivity contribution is -0.0948. The normalized spacial score (nSPS) is 32.1. The van der Waals surface area contributed by atoms with Crippen LogP contribution in [0.25, 0.3) is 16.6 Å². The smallest absolute Gasteiger partial charge is 0.167 e. The van der Waals surface area contributed by atoms with Gasteiger partial charge in [-0.2, -0.15) is 0 Å². The molecule has 0 radical (unpaired) electrons. The molecule has 4 heterocycles. The zero-order valence-corrected chi connectivity index (χ0v) is 13.8. The largest absolute Gasteiger partial charge is 0.394 e. The lowest BCUT2D eigenvalue weighted by Crippen LogP contribution is -2.44. The second kappa shape index (κ2) is 5.37. The molecule has 0 aliphatic carbocycles. The molecule has 8 nitrogen and oxygen atoms in total. The van der Waals surface area contributed by atoms with Crippen molar-refractivity contribution in [3.8, 4) is 0 Å². The lowest BCUT2D eigenvalue weighted by Gasteiger charge is -2.27. The standard InChI is InChI=1S/C17H20N4O4/c1-8-4-9(2)20-14-12-10(8)5-21(15(12)19-7-18-14)16-17(3,24)13(23)11(6-22)25-16/h5,7,11,13,16,22-24H,1-2,4,6H2,3H3,(H,18,19,20)/t11-,13-,16-,17-/m1/s1. The highest BCUT2D eigenvalue weighted by Crippen LogP contribution is 2.43. The predicted octanol–water partition coefficient (Wildman–Crippen LogP) is 0.775. The molecular formula is C17H20N4O4. The number of anilines is 1. The van der Waals surface area contributed by atoms with Gasteiger partial charge in [0.05, 0.1) is 12.0 Å². The molecule has 0 saturated carbocycles. The van der Waals surface area contributed by atoms with Gasteiger partial charge in [-0.1, -0.05) is 13.2 Å². The summed E-state index contributed by atoms with van der Waals surface area (Å²) in [7, 11) is 0. The van der Waals surface area contributed by atoms with E-state index in [2.05, 4.69) is 28.4 Å². The fourth-order valence-corrected chi connectivity index (χ4v) is 3.58. The average molecular weight is 344 g/mol. The first-order valence-corrected chi connectivity index (χ1v) is 7.99. The maximum Gasteiger partial charge on any atom is 0.167 e. The first-order chi connectivity index (χ1) is 11.8. The molecule has 8 heteroatoms. The molecule has 2 aliphatic rings. The van der Waals surface area contributed by atoms with Crippen LogP contribution in [0, 0.1) is 0 Å². The first-order valence-electron chi connectivity index (χ1n) is 7.99. The van der Waals surface area contributed by atoms with Gasteiger partial charge in [-0.05, 0) is 12.5 Å². The summed E-state index contributed by atoms with van der Waals surface area (Å²) in [6.07, 6.45) is 0.746. The fraction of sp³-hybridized carbons (Fsp3) is 0.412. The Morgan fingerprint density at radius 1 is 1.44 bits per heavy atom. The van der Waals surface area contributed by atoms with Gasteiger partial charge in [0.1, 0.15) is 35.6 Å². The molecule has 2 aliphatic heterocycles. The van der Waals surface area contributed by atoms with Gasteiger partial charge in [0, 0.05) is 23.9 Å². The number of allylic oxidation sites excluding steroid dienone is 1. The van der Waals surface area contributed by atoms with Gasteiger partial charge in [0.15, 0.2) is 6.23 Å². The number of hydrogen-bond donors (Lipinski definition) is 4. The number of ether oxygens (including phenoxy) is 1. The van der Waals surface area contributed by atoms with Crippen LogP contribution in [-0.4, -0.2) is 54.3 Å². The summed E-state index contributed by atoms with van der Waals surface area (Å²) in [5.74, 6) is 0.610. The van der Waals surface area contributed by atoms with Gasteiger partial charge in [0.2, 0.25) is 0 Å². The van der Waals surface area contributed by atoms with Crippen LogP contribution >= 0.6 is 0 Å². The number of aromatic nitrogens is 3. The molecule has 4 rings (SSSR count). The van der Waals surface area contributed by atoms with Gasteiger partial charge in [-0.15, -0.1) is 0 Å². The molecule has 4 atom stereocenters. The third-order valence-corrected chi connectivity index (χ3v) is 4.90. The summed E-state index contributed by atoms with van der Waals surface area (Å²) >= 11 is 0. The minimum Gasteiger partial charge on any atom is -0.394 e. The number of nitrogens with zero attached hydrogens (tertiary/aromatic N) is 3. The molecule has 2 aromatic rings. The monoisotopic (exact) mass is 344 g/mol. The van der Waals surface area contributed by atoms with Crippen LogP contribution < -0.4 is 5.32 Å². The zero-order valence-electron chi connectivity index (χ0n) is 13.8. The molecule has 1 saturated heterocycles. The van der Waals surface area contributed by atoms with Crippen molar-refractivity contribution in [2.24, 2.45) is 0 Å². The van der Waals surface area contributed by atoms with Gasteiger partial charge < -0.3 is 29.9 Å². The second-order valence-corrected chi connectivity index (χ2v) is 6.76. The Kier molecular flexibility index (Phi) is 3.48. The van der Waals surface area contributed by atoms with Gasteiger partial charge in [0.25, 0.3) is 0 Å². The van der Waals surface area contributed by atoms with Gasteiger partial charge >= 0.3 is 0 Å². The van der Waals surface area contributed by atoms with E-state index in [0.29, 0.717) is 17.9 Å². The number of aliphatic hydroxyl groups excluding tert-OH is 2. The molecule has 1 fully saturated rings. The molecule has 0 unspecified atom stereocenters. The highest BCUT2D eigenvalue weighted by molar-refractivity contribution is 6.00. The third kappa shape index (κ3) is 2.22. The van der Waals surface area contributed by atoms with E-state index in [1.165, 1.54) is 13.3 Å². The van der Waals surface area contributed by atoms with Crippen molar-refractivity contribution < 1.29 is 20.1 Å². The minimum atomic E-state index is -1.59. The topological polar surface area (TPSA) is 113 Å². The van der Waals surface area contributed by atoms with Crippen LogP contribution in [0.3, 0.4) is 0 Å². The Balaban J connectivity index is 1.92. The van der Waals surface area contributed by atoms with Crippen molar-refractivity contribution in [3.05, 3.63) is 36.9 Å². The van der Waals surface area contributed by atoms with Crippen molar-refractivity contribution in [3.63, 3.8) is 0 Å². The molecule has 0 amide bonds. The van der Waals surface area contributed by atoms with Gasteiger partial charge in [-0.3, -0.25) is 0 Å². The Bertz CT molecular complexity index is 888. The van der Waals surface area contributed by atoms with Crippen molar-refractivity contribution in [1.29, 1.82) is 0 Å². The summed E-state index contributed by atoms with van der Waals surface area (Å²) in [6.45, 7) is 9.16. The van der Waals surface area contributed by atoms with E-state index in [0.717, 1.165) is 22.2 Å². The molecule has 0 aromatic carbocycles. The molecule has 0 bridgehead atoms. The first kappa shape index (κ1) is 16.2. The van der Waals surface area contributed by atoms with Crippen LogP contribution in [0.1, 0.15) is 25.1 Å². The van der Waals surface area contributed by atoms with Crippen molar-refractivity contribution >= 4 is 22.4 Å². The number of rotatable bonds is 2. The second-order valence-electron chi connectivity index (χ2n) is 6.76. The average Bonchev–Trinajstić information content (AvgIpc) is 3.00. The van der Waals surface area contributed by atoms with E-state index in [4.69, 9.17) is 4.74 Å². The van der Waals surface area contributed by atoms with E-state index < -0.39 is 30.6 Å². The van der Waals surface area contributed by atoms with E-state index >= 15 is 0 Å². The van der Waals surface area contributed by atoms with Crippen molar-refractivity contribution in [1.82, 2.24) is 14.5 Å². The summed E-state index contributed by atoms with van der Waals surface area (Å²) < 4.78 is 7.39. The Labute approximate surface area is 144 Å². The molecule has 25 heavy (non-hydrogen) atoms. The maximum atomic E-state index is 10.8. The number of nitrogens with one attached hydrogen (secondary N) is 1. The van der Waals surface area contributed by atoms with E-state index in [9.17, 15) is 15.3 Å². The zero-order chi connectivity index (χ0) is 17.9. The number of aliphatic hydroxyl groups is 3. The van der Waals surface area contributed by atoms with Crippen LogP contribution in [0.5, 0.6) is 0 Å². The SMILES string of the molecule is C=C1CC(=C)c2cn([C@@H]3O[C@H](CO)[C@@H](O)[C@@]3(C)O)c3ncnc(c23)N1. The van der Waals surface area contributed by atoms with Crippen LogP contribution in [-0.2, 0) is 4.74 Å². The summed E-state index contributed by atoms with van der Waals surface area (Å²) in [5, 5.41) is 34.3. The maximum absolute atomic E-state index is 10.8. The van der Waals surface area contributed by atoms with E-state index in [1.807, 2.05) is 0 Å². The number of hydrogen-bond acceptors (Lipinski definition) is 7. The summed E-state index contributed by atoms with van der Waals surface area (Å²) in [6, 6.07) is 0. The molecule has 0 spiro atoms. The van der Waals surface area contributed by atoms with E-state index in [1.54, 1.807) is 10.8 Å². The van der Waals surface area contributed by atoms with Crippen LogP contribution in [0.2, 0.25) is 0 Å². The fourth-order valence-electron chi connectivity index (χ4n) is 3.58. The minimum absolute atomic E-state index is 0.395. The summed E-state index contributed by atoms with van der Waals surface area (Å²) in [5.41, 5.74) is 1.40. The Morgan fingerprint density at radius 2 is 2.20 bits per heavy atom. The van der Waals surface area contributed by atoms with Crippen LogP contribution in [0.15, 0.2) is 31.4 Å². The molecule has 132 valence electrons. The summed E-state index contributed by atoms with van der Waals surface area (Å²) in [4.78, 5) is 8.61. The van der Waals surface area contributed by atoms with E-state index in [-0.39, 0.29) is 0 Å². The molecular weight excluding hydrogens is 324 g/mol. The quantitative estimate of drug-likeness (QED) is 0.637. The van der Waals surface area contributed by atoms with Gasteiger partial charge in [-0.25, -0.2) is 9.97 Å². The molecule has 2 aromatic heterocycles. The Hall–Kier alpha value is -2.26. The highest BCUT2D eigenvalue weighted by Gasteiger charge is 2.53. The lowest BCUT2D eigenvalue weighted by atomic mass is 9.96. The highest BCUT2D eigenvalue weighted by atomic mass is 16.6. The molecule has 4 N–H and O–H groups in total. The Morgan fingerprint density at radius 3 is 2.88 bits per heavy atom. The van der Waals surface area contributed by atoms with Crippen molar-refractivity contribution in [2.75, 3.05) is 11.9 Å².